The van der Waals surface area contributed by atoms with E-state index in [2.05, 4.69) is 22.2 Å². The first-order chi connectivity index (χ1) is 7.74. The molecule has 84 valence electrons. The second kappa shape index (κ2) is 3.37. The van der Waals surface area contributed by atoms with Gasteiger partial charge in [-0.05, 0) is 25.7 Å². The van der Waals surface area contributed by atoms with Crippen molar-refractivity contribution < 1.29 is 0 Å². The van der Waals surface area contributed by atoms with E-state index < -0.39 is 0 Å². The molecule has 0 saturated heterocycles. The maximum atomic E-state index is 5.75. The van der Waals surface area contributed by atoms with Gasteiger partial charge in [0.2, 0.25) is 0 Å². The van der Waals surface area contributed by atoms with Gasteiger partial charge in [0.15, 0.2) is 11.5 Å². The van der Waals surface area contributed by atoms with Crippen LogP contribution in [0.2, 0.25) is 0 Å². The zero-order valence-electron chi connectivity index (χ0n) is 9.22. The Kier molecular flexibility index (Phi) is 1.99. The van der Waals surface area contributed by atoms with E-state index in [1.165, 1.54) is 12.8 Å². The van der Waals surface area contributed by atoms with Crippen molar-refractivity contribution in [3.8, 4) is 0 Å². The Morgan fingerprint density at radius 2 is 2.38 bits per heavy atom. The van der Waals surface area contributed by atoms with Crippen molar-refractivity contribution >= 4 is 17.3 Å². The molecule has 5 heteroatoms. The minimum Gasteiger partial charge on any atom is -0.382 e. The Labute approximate surface area is 93.7 Å². The molecule has 2 aromatic heterocycles. The van der Waals surface area contributed by atoms with Crippen LogP contribution >= 0.6 is 0 Å². The molecule has 1 atom stereocenters. The third kappa shape index (κ3) is 1.58. The minimum atomic E-state index is 0.440. The Morgan fingerprint density at radius 1 is 1.56 bits per heavy atom. The molecule has 3 rings (SSSR count). The average molecular weight is 217 g/mol. The first-order valence-electron chi connectivity index (χ1n) is 5.60. The molecule has 0 aromatic carbocycles. The van der Waals surface area contributed by atoms with Crippen molar-refractivity contribution in [3.63, 3.8) is 0 Å². The molecule has 0 amide bonds. The van der Waals surface area contributed by atoms with E-state index in [0.717, 1.165) is 17.4 Å². The van der Waals surface area contributed by atoms with Gasteiger partial charge in [-0.2, -0.15) is 0 Å². The van der Waals surface area contributed by atoms with Crippen LogP contribution in [0.15, 0.2) is 18.6 Å². The zero-order chi connectivity index (χ0) is 11.1. The van der Waals surface area contributed by atoms with Gasteiger partial charge in [-0.15, -0.1) is 0 Å². The molecular weight excluding hydrogens is 202 g/mol. The quantitative estimate of drug-likeness (QED) is 0.818. The maximum Gasteiger partial charge on any atom is 0.180 e. The molecule has 0 bridgehead atoms. The van der Waals surface area contributed by atoms with Gasteiger partial charge in [-0.3, -0.25) is 0 Å². The van der Waals surface area contributed by atoms with E-state index in [1.54, 1.807) is 12.4 Å². The summed E-state index contributed by atoms with van der Waals surface area (Å²) in [6.07, 6.45) is 8.02. The molecule has 0 aliphatic heterocycles. The molecule has 1 saturated carbocycles. The van der Waals surface area contributed by atoms with Crippen LogP contribution in [0.4, 0.5) is 11.6 Å². The van der Waals surface area contributed by atoms with Crippen LogP contribution in [-0.2, 0) is 0 Å². The lowest BCUT2D eigenvalue weighted by molar-refractivity contribution is 0.691. The number of nitrogens with zero attached hydrogens (tertiary/aromatic N) is 3. The minimum absolute atomic E-state index is 0.440. The molecule has 0 spiro atoms. The highest BCUT2D eigenvalue weighted by Crippen LogP contribution is 2.34. The standard InChI is InChI=1S/C11H15N5/c1-7(8-2-3-8)14-10-11-13-4-5-16(11)6-9(12)15-10/h4-8H,2-3,12H2,1H3,(H,14,15). The average Bonchev–Trinajstić information content (AvgIpc) is 2.98. The lowest BCUT2D eigenvalue weighted by Gasteiger charge is -2.14. The Morgan fingerprint density at radius 3 is 3.12 bits per heavy atom. The second-order valence-electron chi connectivity index (χ2n) is 4.44. The number of nitrogens with two attached hydrogens (primary N) is 1. The number of nitrogens with one attached hydrogen (secondary N) is 1. The van der Waals surface area contributed by atoms with Gasteiger partial charge in [-0.25, -0.2) is 9.97 Å². The van der Waals surface area contributed by atoms with Crippen molar-refractivity contribution in [2.75, 3.05) is 11.1 Å². The Bertz CT molecular complexity index is 514. The number of nitrogen functional groups attached to an aromatic ring is 1. The van der Waals surface area contributed by atoms with E-state index >= 15 is 0 Å². The summed E-state index contributed by atoms with van der Waals surface area (Å²) in [7, 11) is 0. The van der Waals surface area contributed by atoms with Crippen molar-refractivity contribution in [1.82, 2.24) is 14.4 Å². The molecule has 1 fully saturated rings. The van der Waals surface area contributed by atoms with Gasteiger partial charge >= 0.3 is 0 Å². The van der Waals surface area contributed by atoms with E-state index in [0.29, 0.717) is 11.9 Å². The van der Waals surface area contributed by atoms with Gasteiger partial charge in [0.1, 0.15) is 5.82 Å². The second-order valence-corrected chi connectivity index (χ2v) is 4.44. The first kappa shape index (κ1) is 9.45. The highest BCUT2D eigenvalue weighted by Gasteiger charge is 2.28. The summed E-state index contributed by atoms with van der Waals surface area (Å²) in [5.74, 6) is 2.07. The van der Waals surface area contributed by atoms with Gasteiger partial charge in [0.25, 0.3) is 0 Å². The lowest BCUT2D eigenvalue weighted by Crippen LogP contribution is -2.19. The van der Waals surface area contributed by atoms with Crippen LogP contribution in [0.1, 0.15) is 19.8 Å². The third-order valence-electron chi connectivity index (χ3n) is 3.09. The molecule has 1 aliphatic rings. The third-order valence-corrected chi connectivity index (χ3v) is 3.09. The zero-order valence-corrected chi connectivity index (χ0v) is 9.22. The highest BCUT2D eigenvalue weighted by molar-refractivity contribution is 5.65. The van der Waals surface area contributed by atoms with Crippen molar-refractivity contribution in [2.24, 2.45) is 5.92 Å². The predicted molar refractivity (Wildman–Crippen MR) is 63.2 cm³/mol. The molecule has 1 aliphatic carbocycles. The number of anilines is 2. The van der Waals surface area contributed by atoms with Crippen LogP contribution < -0.4 is 11.1 Å². The largest absolute Gasteiger partial charge is 0.382 e. The SMILES string of the molecule is CC(Nc1nc(N)cn2ccnc12)C1CC1. The summed E-state index contributed by atoms with van der Waals surface area (Å²) < 4.78 is 1.89. The normalized spacial score (nSPS) is 17.6. The number of hydrogen-bond donors (Lipinski definition) is 2. The summed E-state index contributed by atoms with van der Waals surface area (Å²) in [4.78, 5) is 8.58. The van der Waals surface area contributed by atoms with Crippen LogP contribution in [-0.4, -0.2) is 20.4 Å². The smallest absolute Gasteiger partial charge is 0.180 e. The van der Waals surface area contributed by atoms with E-state index in [1.807, 2.05) is 10.6 Å². The predicted octanol–water partition coefficient (Wildman–Crippen LogP) is 1.52. The highest BCUT2D eigenvalue weighted by atomic mass is 15.1. The molecule has 5 nitrogen and oxygen atoms in total. The van der Waals surface area contributed by atoms with Gasteiger partial charge in [0.05, 0.1) is 6.20 Å². The van der Waals surface area contributed by atoms with E-state index in [-0.39, 0.29) is 0 Å². The van der Waals surface area contributed by atoms with E-state index in [9.17, 15) is 0 Å². The van der Waals surface area contributed by atoms with Crippen molar-refractivity contribution in [1.29, 1.82) is 0 Å². The number of imidazole rings is 1. The summed E-state index contributed by atoms with van der Waals surface area (Å²) >= 11 is 0. The first-order valence-corrected chi connectivity index (χ1v) is 5.60. The van der Waals surface area contributed by atoms with Gasteiger partial charge in [0, 0.05) is 18.4 Å². The molecule has 1 unspecified atom stereocenters. The fourth-order valence-electron chi connectivity index (χ4n) is 1.98. The number of fused-ring (bicyclic) bond motifs is 1. The van der Waals surface area contributed by atoms with Crippen molar-refractivity contribution in [3.05, 3.63) is 18.6 Å². The van der Waals surface area contributed by atoms with Crippen molar-refractivity contribution in [2.45, 2.75) is 25.8 Å². The van der Waals surface area contributed by atoms with Crippen LogP contribution in [0.5, 0.6) is 0 Å². The van der Waals surface area contributed by atoms with E-state index in [4.69, 9.17) is 5.73 Å². The molecule has 2 aromatic rings. The monoisotopic (exact) mass is 217 g/mol. The molecule has 2 heterocycles. The lowest BCUT2D eigenvalue weighted by atomic mass is 10.2. The summed E-state index contributed by atoms with van der Waals surface area (Å²) in [5, 5.41) is 3.40. The molecule has 3 N–H and O–H groups in total. The molecule has 0 radical (unpaired) electrons. The van der Waals surface area contributed by atoms with Gasteiger partial charge < -0.3 is 15.5 Å². The van der Waals surface area contributed by atoms with Gasteiger partial charge in [-0.1, -0.05) is 0 Å². The number of rotatable bonds is 3. The maximum absolute atomic E-state index is 5.75. The van der Waals surface area contributed by atoms with Crippen LogP contribution in [0, 0.1) is 5.92 Å². The molecular formula is C11H15N5. The number of hydrogen-bond acceptors (Lipinski definition) is 4. The topological polar surface area (TPSA) is 68.2 Å². The summed E-state index contributed by atoms with van der Waals surface area (Å²) in [5.41, 5.74) is 6.59. The molecule has 16 heavy (non-hydrogen) atoms. The summed E-state index contributed by atoms with van der Waals surface area (Å²) in [6, 6.07) is 0.440. The Balaban J connectivity index is 1.97. The fourth-order valence-corrected chi connectivity index (χ4v) is 1.98. The Hall–Kier alpha value is -1.78. The summed E-state index contributed by atoms with van der Waals surface area (Å²) in [6.45, 7) is 2.18. The fraction of sp³-hybridized carbons (Fsp3) is 0.455. The number of aromatic nitrogens is 3. The van der Waals surface area contributed by atoms with Crippen LogP contribution in [0.25, 0.3) is 5.65 Å². The van der Waals surface area contributed by atoms with Crippen LogP contribution in [0.3, 0.4) is 0 Å².